The number of unbranched alkanes of at least 4 members (excludes halogenated alkanes) is 1. The van der Waals surface area contributed by atoms with Gasteiger partial charge in [-0.2, -0.15) is 0 Å². The second-order valence-corrected chi connectivity index (χ2v) is 19.6. The Hall–Kier alpha value is -0.210. The van der Waals surface area contributed by atoms with Gasteiger partial charge in [-0.15, -0.1) is 0 Å². The van der Waals surface area contributed by atoms with Crippen molar-refractivity contribution in [2.45, 2.75) is 149 Å². The number of nitrogens with zero attached hydrogens (tertiary/aromatic N) is 1. The van der Waals surface area contributed by atoms with Crippen LogP contribution in [0, 0.1) is 46.3 Å². The van der Waals surface area contributed by atoms with Crippen molar-refractivity contribution in [3.63, 3.8) is 0 Å². The standard InChI is InChI=1S/C39H72N4OS2/c1-28(2)11-8-12-29(3)33-16-17-34-32-15-14-30-27-31(18-20-38(30,4)35(32)19-21-39(33,34)5)46-45-26-9-13-36(42)37(44)43(25-10-23-41)24-7-6-22-40/h14,28-29,31-36H,6-13,15-27,40-42H2,1-5H3. The molecule has 5 nitrogen and oxygen atoms in total. The maximum atomic E-state index is 13.0. The summed E-state index contributed by atoms with van der Waals surface area (Å²) in [4.78, 5) is 14.9. The number of carbonyl (C=O) groups is 1. The Labute approximate surface area is 291 Å². The van der Waals surface area contributed by atoms with Crippen LogP contribution in [0.1, 0.15) is 137 Å². The van der Waals surface area contributed by atoms with Crippen LogP contribution in [0.5, 0.6) is 0 Å². The van der Waals surface area contributed by atoms with Crippen molar-refractivity contribution in [1.82, 2.24) is 4.90 Å². The van der Waals surface area contributed by atoms with Crippen LogP contribution in [-0.2, 0) is 4.79 Å². The highest BCUT2D eigenvalue weighted by Crippen LogP contribution is 2.67. The first-order valence-corrected chi connectivity index (χ1v) is 21.9. The lowest BCUT2D eigenvalue weighted by Gasteiger charge is -2.58. The van der Waals surface area contributed by atoms with E-state index < -0.39 is 6.04 Å². The molecule has 46 heavy (non-hydrogen) atoms. The molecule has 0 aliphatic heterocycles. The summed E-state index contributed by atoms with van der Waals surface area (Å²) in [5, 5.41) is 0.724. The van der Waals surface area contributed by atoms with Crippen molar-refractivity contribution in [3.05, 3.63) is 11.6 Å². The molecule has 4 rings (SSSR count). The van der Waals surface area contributed by atoms with Gasteiger partial charge in [0.1, 0.15) is 0 Å². The summed E-state index contributed by atoms with van der Waals surface area (Å²) in [5.41, 5.74) is 20.6. The Kier molecular flexibility index (Phi) is 15.2. The van der Waals surface area contributed by atoms with Crippen LogP contribution in [0.15, 0.2) is 11.6 Å². The minimum Gasteiger partial charge on any atom is -0.341 e. The zero-order chi connectivity index (χ0) is 33.3. The summed E-state index contributed by atoms with van der Waals surface area (Å²) in [5.74, 6) is 6.58. The number of rotatable bonds is 19. The molecule has 3 saturated carbocycles. The molecule has 3 fully saturated rings. The topological polar surface area (TPSA) is 98.4 Å². The van der Waals surface area contributed by atoms with Crippen molar-refractivity contribution in [2.24, 2.45) is 63.5 Å². The van der Waals surface area contributed by atoms with Gasteiger partial charge in [0.25, 0.3) is 0 Å². The van der Waals surface area contributed by atoms with E-state index in [0.29, 0.717) is 30.5 Å². The maximum Gasteiger partial charge on any atom is 0.239 e. The van der Waals surface area contributed by atoms with Gasteiger partial charge >= 0.3 is 0 Å². The van der Waals surface area contributed by atoms with Crippen LogP contribution in [0.25, 0.3) is 0 Å². The molecule has 0 aromatic heterocycles. The van der Waals surface area contributed by atoms with Gasteiger partial charge in [0, 0.05) is 24.1 Å². The first-order chi connectivity index (χ1) is 22.0. The van der Waals surface area contributed by atoms with E-state index in [4.69, 9.17) is 17.2 Å². The molecule has 0 aromatic rings. The highest BCUT2D eigenvalue weighted by Gasteiger charge is 2.59. The third-order valence-electron chi connectivity index (χ3n) is 13.3. The fourth-order valence-electron chi connectivity index (χ4n) is 10.7. The summed E-state index contributed by atoms with van der Waals surface area (Å²) in [6.45, 7) is 15.4. The summed E-state index contributed by atoms with van der Waals surface area (Å²) in [7, 11) is 4.13. The molecule has 6 N–H and O–H groups in total. The number of allylic oxidation sites excluding steroid dienone is 2. The highest BCUT2D eigenvalue weighted by atomic mass is 33.1. The monoisotopic (exact) mass is 677 g/mol. The van der Waals surface area contributed by atoms with Crippen LogP contribution in [0.4, 0.5) is 0 Å². The van der Waals surface area contributed by atoms with Gasteiger partial charge in [-0.05, 0) is 143 Å². The molecule has 0 radical (unpaired) electrons. The van der Waals surface area contributed by atoms with Crippen LogP contribution >= 0.6 is 21.6 Å². The van der Waals surface area contributed by atoms with Gasteiger partial charge in [-0.1, -0.05) is 87.1 Å². The Bertz CT molecular complexity index is 976. The highest BCUT2D eigenvalue weighted by molar-refractivity contribution is 8.76. The minimum atomic E-state index is -0.405. The lowest BCUT2D eigenvalue weighted by Crippen LogP contribution is -2.50. The van der Waals surface area contributed by atoms with E-state index in [1.807, 2.05) is 15.7 Å². The second-order valence-electron chi connectivity index (χ2n) is 16.8. The van der Waals surface area contributed by atoms with Crippen LogP contribution in [0.2, 0.25) is 0 Å². The van der Waals surface area contributed by atoms with Crippen molar-refractivity contribution in [3.8, 4) is 0 Å². The summed E-state index contributed by atoms with van der Waals surface area (Å²) >= 11 is 0. The Balaban J connectivity index is 1.22. The summed E-state index contributed by atoms with van der Waals surface area (Å²) in [6.07, 6.45) is 22.7. The number of nitrogens with two attached hydrogens (primary N) is 3. The normalized spacial score (nSPS) is 33.6. The predicted molar refractivity (Wildman–Crippen MR) is 203 cm³/mol. The molecule has 9 unspecified atom stereocenters. The maximum absolute atomic E-state index is 13.0. The molecule has 4 aliphatic carbocycles. The smallest absolute Gasteiger partial charge is 0.239 e. The first kappa shape index (κ1) is 38.6. The molecular formula is C39H72N4OS2. The van der Waals surface area contributed by atoms with Gasteiger partial charge in [0.15, 0.2) is 0 Å². The molecule has 7 heteroatoms. The second kappa shape index (κ2) is 18.2. The van der Waals surface area contributed by atoms with Crippen molar-refractivity contribution >= 4 is 27.5 Å². The first-order valence-electron chi connectivity index (χ1n) is 19.5. The lowest BCUT2D eigenvalue weighted by atomic mass is 9.47. The van der Waals surface area contributed by atoms with Crippen LogP contribution in [0.3, 0.4) is 0 Å². The van der Waals surface area contributed by atoms with Crippen LogP contribution < -0.4 is 17.2 Å². The van der Waals surface area contributed by atoms with Gasteiger partial charge in [-0.25, -0.2) is 0 Å². The summed E-state index contributed by atoms with van der Waals surface area (Å²) in [6, 6.07) is -0.405. The molecule has 0 bridgehead atoms. The van der Waals surface area contributed by atoms with Crippen LogP contribution in [-0.4, -0.2) is 54.0 Å². The molecule has 4 aliphatic rings. The van der Waals surface area contributed by atoms with E-state index in [9.17, 15) is 4.79 Å². The zero-order valence-electron chi connectivity index (χ0n) is 30.4. The number of amides is 1. The van der Waals surface area contributed by atoms with E-state index >= 15 is 0 Å². The minimum absolute atomic E-state index is 0.0875. The van der Waals surface area contributed by atoms with Crippen molar-refractivity contribution in [2.75, 3.05) is 31.9 Å². The number of carbonyl (C=O) groups excluding carboxylic acids is 1. The molecule has 0 aromatic carbocycles. The van der Waals surface area contributed by atoms with Gasteiger partial charge in [0.2, 0.25) is 5.91 Å². The fraction of sp³-hybridized carbons (Fsp3) is 0.923. The lowest BCUT2D eigenvalue weighted by molar-refractivity contribution is -0.132. The average Bonchev–Trinajstić information content (AvgIpc) is 3.39. The van der Waals surface area contributed by atoms with E-state index in [-0.39, 0.29) is 5.91 Å². The number of hydrogen-bond donors (Lipinski definition) is 3. The largest absolute Gasteiger partial charge is 0.341 e. The van der Waals surface area contributed by atoms with Crippen molar-refractivity contribution < 1.29 is 4.79 Å². The SMILES string of the molecule is CC(C)CCCC(C)C1CCC2C3CC=C4CC(SSCCCC(N)C(=O)N(CCCN)CCCCN)CCC4(C)C3CCC12C. The number of hydrogen-bond acceptors (Lipinski definition) is 6. The van der Waals surface area contributed by atoms with E-state index in [2.05, 4.69) is 51.5 Å². The third kappa shape index (κ3) is 9.31. The quantitative estimate of drug-likeness (QED) is 0.0719. The predicted octanol–water partition coefficient (Wildman–Crippen LogP) is 8.80. The molecule has 0 heterocycles. The average molecular weight is 677 g/mol. The molecule has 1 amide bonds. The van der Waals surface area contributed by atoms with Gasteiger partial charge in [-0.3, -0.25) is 4.79 Å². The molecule has 0 spiro atoms. The fourth-order valence-corrected chi connectivity index (χ4v) is 13.4. The zero-order valence-corrected chi connectivity index (χ0v) is 32.1. The Morgan fingerprint density at radius 1 is 0.913 bits per heavy atom. The molecule has 266 valence electrons. The Morgan fingerprint density at radius 3 is 2.41 bits per heavy atom. The van der Waals surface area contributed by atoms with E-state index in [1.54, 1.807) is 5.57 Å². The molecule has 9 atom stereocenters. The van der Waals surface area contributed by atoms with Gasteiger partial charge in [0.05, 0.1) is 6.04 Å². The van der Waals surface area contributed by atoms with Gasteiger partial charge < -0.3 is 22.1 Å². The third-order valence-corrected chi connectivity index (χ3v) is 16.3. The summed E-state index contributed by atoms with van der Waals surface area (Å²) < 4.78 is 0. The number of fused-ring (bicyclic) bond motifs is 5. The Morgan fingerprint density at radius 2 is 1.67 bits per heavy atom. The van der Waals surface area contributed by atoms with E-state index in [1.165, 1.54) is 70.6 Å². The van der Waals surface area contributed by atoms with E-state index in [0.717, 1.165) is 85.2 Å². The molecular weight excluding hydrogens is 605 g/mol. The molecule has 0 saturated heterocycles. The van der Waals surface area contributed by atoms with Crippen molar-refractivity contribution in [1.29, 1.82) is 0 Å².